The minimum absolute atomic E-state index is 0.0695. The molecule has 26 heavy (non-hydrogen) atoms. The lowest BCUT2D eigenvalue weighted by Crippen LogP contribution is -2.30. The lowest BCUT2D eigenvalue weighted by Gasteiger charge is -2.20. The Labute approximate surface area is 153 Å². The molecule has 0 radical (unpaired) electrons. The van der Waals surface area contributed by atoms with Gasteiger partial charge in [-0.05, 0) is 38.1 Å². The highest BCUT2D eigenvalue weighted by Gasteiger charge is 2.63. The van der Waals surface area contributed by atoms with Gasteiger partial charge in [0.1, 0.15) is 12.4 Å². The van der Waals surface area contributed by atoms with E-state index in [1.807, 2.05) is 0 Å². The topological polar surface area (TPSA) is 39.1 Å². The van der Waals surface area contributed by atoms with Crippen molar-refractivity contribution in [3.05, 3.63) is 46.4 Å². The molecule has 1 aliphatic carbocycles. The first-order valence-corrected chi connectivity index (χ1v) is 8.47. The van der Waals surface area contributed by atoms with Crippen LogP contribution >= 0.6 is 11.6 Å². The Hall–Kier alpha value is -1.80. The first kappa shape index (κ1) is 19.0. The Balaban J connectivity index is 1.80. The van der Waals surface area contributed by atoms with E-state index in [4.69, 9.17) is 16.3 Å². The molecule has 1 saturated carbocycles. The Morgan fingerprint density at radius 1 is 1.31 bits per heavy atom. The molecule has 1 heterocycles. The molecule has 0 aliphatic heterocycles. The van der Waals surface area contributed by atoms with Crippen molar-refractivity contribution in [1.29, 1.82) is 0 Å². The molecule has 1 N–H and O–H groups in total. The van der Waals surface area contributed by atoms with Crippen LogP contribution in [0.25, 0.3) is 0 Å². The minimum Gasteiger partial charge on any atom is -0.473 e. The van der Waals surface area contributed by atoms with Crippen LogP contribution in [0.15, 0.2) is 24.3 Å². The molecule has 0 spiro atoms. The maximum atomic E-state index is 13.8. The fourth-order valence-electron chi connectivity index (χ4n) is 2.72. The Morgan fingerprint density at radius 3 is 2.65 bits per heavy atom. The number of hydrogen-bond donors (Lipinski definition) is 1. The van der Waals surface area contributed by atoms with E-state index in [0.29, 0.717) is 17.3 Å². The van der Waals surface area contributed by atoms with E-state index in [0.717, 1.165) is 0 Å². The smallest absolute Gasteiger partial charge is 0.396 e. The summed E-state index contributed by atoms with van der Waals surface area (Å²) in [6, 6.07) is 5.61. The summed E-state index contributed by atoms with van der Waals surface area (Å²) in [6.45, 7) is -0.0857. The maximum Gasteiger partial charge on any atom is 0.396 e. The lowest BCUT2D eigenvalue weighted by molar-refractivity contribution is -0.191. The van der Waals surface area contributed by atoms with Crippen molar-refractivity contribution in [2.24, 2.45) is 5.41 Å². The normalized spacial score (nSPS) is 15.9. The van der Waals surface area contributed by atoms with Gasteiger partial charge in [-0.15, -0.1) is 0 Å². The largest absolute Gasteiger partial charge is 0.473 e. The van der Waals surface area contributed by atoms with Crippen LogP contribution in [-0.2, 0) is 19.7 Å². The van der Waals surface area contributed by atoms with E-state index in [2.05, 4.69) is 10.4 Å². The molecule has 0 amide bonds. The van der Waals surface area contributed by atoms with Crippen molar-refractivity contribution < 1.29 is 22.3 Å². The third-order valence-electron chi connectivity index (χ3n) is 4.44. The zero-order valence-electron chi connectivity index (χ0n) is 14.0. The van der Waals surface area contributed by atoms with Gasteiger partial charge in [0.25, 0.3) is 0 Å². The molecule has 0 atom stereocenters. The zero-order valence-corrected chi connectivity index (χ0v) is 14.8. The molecule has 1 aliphatic rings. The lowest BCUT2D eigenvalue weighted by atomic mass is 10.1. The summed E-state index contributed by atoms with van der Waals surface area (Å²) in [6.07, 6.45) is -4.15. The predicted octanol–water partition coefficient (Wildman–Crippen LogP) is 4.32. The molecular formula is C17H18ClF4N3O. The van der Waals surface area contributed by atoms with Gasteiger partial charge in [-0.2, -0.15) is 18.3 Å². The number of alkyl halides is 3. The van der Waals surface area contributed by atoms with E-state index in [1.165, 1.54) is 22.9 Å². The standard InChI is InChI=1S/C17H18ClF4N3O/c1-23-8-13-7-15(26-9-11-6-12(18)2-3-14(11)19)25(24-13)10-16(4-5-16)17(20,21)22/h2-3,6-7,23H,4-5,8-10H2,1H3. The van der Waals surface area contributed by atoms with Gasteiger partial charge in [-0.3, -0.25) is 0 Å². The van der Waals surface area contributed by atoms with Crippen LogP contribution in [0, 0.1) is 11.2 Å². The second-order valence-electron chi connectivity index (χ2n) is 6.46. The monoisotopic (exact) mass is 391 g/mol. The average Bonchev–Trinajstić information content (AvgIpc) is 3.25. The molecule has 0 saturated heterocycles. The zero-order chi connectivity index (χ0) is 18.9. The molecule has 2 aromatic rings. The molecule has 142 valence electrons. The van der Waals surface area contributed by atoms with Gasteiger partial charge in [0.15, 0.2) is 0 Å². The van der Waals surface area contributed by atoms with Crippen molar-refractivity contribution in [2.75, 3.05) is 7.05 Å². The van der Waals surface area contributed by atoms with Crippen molar-refractivity contribution >= 4 is 11.6 Å². The fraction of sp³-hybridized carbons (Fsp3) is 0.471. The molecule has 4 nitrogen and oxygen atoms in total. The van der Waals surface area contributed by atoms with Gasteiger partial charge in [-0.25, -0.2) is 9.07 Å². The van der Waals surface area contributed by atoms with E-state index < -0.39 is 17.4 Å². The number of rotatable bonds is 7. The van der Waals surface area contributed by atoms with Gasteiger partial charge < -0.3 is 10.1 Å². The quantitative estimate of drug-likeness (QED) is 0.715. The van der Waals surface area contributed by atoms with Crippen LogP contribution < -0.4 is 10.1 Å². The van der Waals surface area contributed by atoms with Gasteiger partial charge in [0.2, 0.25) is 5.88 Å². The third-order valence-corrected chi connectivity index (χ3v) is 4.68. The highest BCUT2D eigenvalue weighted by atomic mass is 35.5. The number of halogens is 5. The maximum absolute atomic E-state index is 13.8. The van der Waals surface area contributed by atoms with Crippen LogP contribution in [0.2, 0.25) is 5.02 Å². The van der Waals surface area contributed by atoms with Gasteiger partial charge in [0, 0.05) is 23.2 Å². The van der Waals surface area contributed by atoms with E-state index >= 15 is 0 Å². The van der Waals surface area contributed by atoms with Crippen molar-refractivity contribution in [3.8, 4) is 5.88 Å². The first-order chi connectivity index (χ1) is 12.2. The molecule has 9 heteroatoms. The number of ether oxygens (including phenoxy) is 1. The number of nitrogens with zero attached hydrogens (tertiary/aromatic N) is 2. The highest BCUT2D eigenvalue weighted by Crippen LogP contribution is 2.58. The summed E-state index contributed by atoms with van der Waals surface area (Å²) in [4.78, 5) is 0. The summed E-state index contributed by atoms with van der Waals surface area (Å²) in [5.74, 6) is -0.324. The second kappa shape index (κ2) is 7.08. The summed E-state index contributed by atoms with van der Waals surface area (Å²) in [5.41, 5.74) is -0.987. The molecule has 1 aromatic heterocycles. The second-order valence-corrected chi connectivity index (χ2v) is 6.90. The summed E-state index contributed by atoms with van der Waals surface area (Å²) >= 11 is 5.85. The Morgan fingerprint density at radius 2 is 2.04 bits per heavy atom. The van der Waals surface area contributed by atoms with Crippen molar-refractivity contribution in [2.45, 2.75) is 38.7 Å². The molecule has 3 rings (SSSR count). The fourth-order valence-corrected chi connectivity index (χ4v) is 2.92. The number of hydrogen-bond acceptors (Lipinski definition) is 3. The highest BCUT2D eigenvalue weighted by molar-refractivity contribution is 6.30. The van der Waals surface area contributed by atoms with Crippen molar-refractivity contribution in [1.82, 2.24) is 15.1 Å². The van der Waals surface area contributed by atoms with Crippen molar-refractivity contribution in [3.63, 3.8) is 0 Å². The first-order valence-electron chi connectivity index (χ1n) is 8.09. The number of nitrogens with one attached hydrogen (secondary N) is 1. The summed E-state index contributed by atoms with van der Waals surface area (Å²) in [7, 11) is 1.71. The molecule has 0 bridgehead atoms. The number of benzene rings is 1. The summed E-state index contributed by atoms with van der Waals surface area (Å²) in [5, 5.41) is 7.44. The molecule has 1 fully saturated rings. The third kappa shape index (κ3) is 3.96. The number of aromatic nitrogens is 2. The molecule has 1 aromatic carbocycles. The van der Waals surface area contributed by atoms with E-state index in [1.54, 1.807) is 13.1 Å². The average molecular weight is 392 g/mol. The molecule has 0 unspecified atom stereocenters. The van der Waals surface area contributed by atoms with Crippen LogP contribution in [0.5, 0.6) is 5.88 Å². The van der Waals surface area contributed by atoms with E-state index in [9.17, 15) is 17.6 Å². The summed E-state index contributed by atoms with van der Waals surface area (Å²) < 4.78 is 60.4. The van der Waals surface area contributed by atoms with Crippen LogP contribution in [0.4, 0.5) is 17.6 Å². The Kier molecular flexibility index (Phi) is 5.16. The van der Waals surface area contributed by atoms with Crippen LogP contribution in [0.3, 0.4) is 0 Å². The SMILES string of the molecule is CNCc1cc(OCc2cc(Cl)ccc2F)n(CC2(C(F)(F)F)CC2)n1. The van der Waals surface area contributed by atoms with E-state index in [-0.39, 0.29) is 37.4 Å². The Bertz CT molecular complexity index is 787. The van der Waals surface area contributed by atoms with Crippen LogP contribution in [-0.4, -0.2) is 23.0 Å². The van der Waals surface area contributed by atoms with Gasteiger partial charge in [0.05, 0.1) is 17.7 Å². The minimum atomic E-state index is -4.29. The van der Waals surface area contributed by atoms with Gasteiger partial charge >= 0.3 is 6.18 Å². The predicted molar refractivity (Wildman–Crippen MR) is 88.5 cm³/mol. The molecular weight excluding hydrogens is 374 g/mol. The van der Waals surface area contributed by atoms with Gasteiger partial charge in [-0.1, -0.05) is 11.6 Å². The van der Waals surface area contributed by atoms with Crippen LogP contribution in [0.1, 0.15) is 24.1 Å².